The summed E-state index contributed by atoms with van der Waals surface area (Å²) in [7, 11) is 0. The quantitative estimate of drug-likeness (QED) is 0.595. The highest BCUT2D eigenvalue weighted by atomic mass is 19.1. The van der Waals surface area contributed by atoms with E-state index in [0.717, 1.165) is 5.56 Å². The molecule has 0 aliphatic rings. The number of halogens is 1. The Hall–Kier alpha value is -2.67. The number of hydrogen-bond donors (Lipinski definition) is 0. The molecule has 0 amide bonds. The number of carbonyl (C=O) groups is 1. The van der Waals surface area contributed by atoms with Gasteiger partial charge in [-0.25, -0.2) is 14.0 Å². The zero-order chi connectivity index (χ0) is 17.0. The van der Waals surface area contributed by atoms with E-state index in [1.165, 1.54) is 12.1 Å². The first-order valence-electron chi connectivity index (χ1n) is 7.36. The SMILES string of the molecule is [C-]#[N+]c1ccc(C(C)(C)c2c(F)cccc2C(=O)OCC)cc1. The zero-order valence-corrected chi connectivity index (χ0v) is 13.4. The van der Waals surface area contributed by atoms with E-state index in [2.05, 4.69) is 4.85 Å². The number of esters is 1. The summed E-state index contributed by atoms with van der Waals surface area (Å²) in [6, 6.07) is 11.4. The molecule has 118 valence electrons. The van der Waals surface area contributed by atoms with E-state index in [1.807, 2.05) is 13.8 Å². The normalized spacial score (nSPS) is 10.9. The summed E-state index contributed by atoms with van der Waals surface area (Å²) in [5, 5.41) is 0. The molecule has 0 aliphatic heterocycles. The minimum absolute atomic E-state index is 0.228. The predicted molar refractivity (Wildman–Crippen MR) is 87.2 cm³/mol. The lowest BCUT2D eigenvalue weighted by atomic mass is 9.75. The van der Waals surface area contributed by atoms with E-state index < -0.39 is 17.2 Å². The van der Waals surface area contributed by atoms with E-state index >= 15 is 0 Å². The molecule has 0 spiro atoms. The second-order valence-electron chi connectivity index (χ2n) is 5.67. The Bertz CT molecular complexity index is 758. The third-order valence-corrected chi connectivity index (χ3v) is 3.85. The maximum atomic E-state index is 14.5. The minimum atomic E-state index is -0.742. The van der Waals surface area contributed by atoms with Crippen molar-refractivity contribution in [1.29, 1.82) is 0 Å². The largest absolute Gasteiger partial charge is 0.462 e. The van der Waals surface area contributed by atoms with Crippen LogP contribution in [-0.2, 0) is 10.2 Å². The van der Waals surface area contributed by atoms with Crippen LogP contribution in [0.25, 0.3) is 4.85 Å². The van der Waals surface area contributed by atoms with Crippen molar-refractivity contribution in [2.75, 3.05) is 6.61 Å². The molecule has 0 radical (unpaired) electrons. The molecule has 3 nitrogen and oxygen atoms in total. The van der Waals surface area contributed by atoms with Crippen LogP contribution >= 0.6 is 0 Å². The highest BCUT2D eigenvalue weighted by molar-refractivity contribution is 5.91. The van der Waals surface area contributed by atoms with Crippen LogP contribution in [0.2, 0.25) is 0 Å². The van der Waals surface area contributed by atoms with Crippen LogP contribution in [0.4, 0.5) is 10.1 Å². The smallest absolute Gasteiger partial charge is 0.338 e. The standard InChI is InChI=1S/C19H18FNO2/c1-5-23-18(22)15-7-6-8-16(20)17(15)19(2,3)13-9-11-14(21-4)12-10-13/h6-12H,5H2,1-3H3. The van der Waals surface area contributed by atoms with Crippen LogP contribution < -0.4 is 0 Å². The fraction of sp³-hybridized carbons (Fsp3) is 0.263. The third-order valence-electron chi connectivity index (χ3n) is 3.85. The molecule has 23 heavy (non-hydrogen) atoms. The van der Waals surface area contributed by atoms with Gasteiger partial charge < -0.3 is 4.74 Å². The van der Waals surface area contributed by atoms with Gasteiger partial charge in [-0.1, -0.05) is 44.2 Å². The highest BCUT2D eigenvalue weighted by Crippen LogP contribution is 2.36. The summed E-state index contributed by atoms with van der Waals surface area (Å²) in [5.74, 6) is -0.984. The molecule has 0 saturated heterocycles. The summed E-state index contributed by atoms with van der Waals surface area (Å²) in [4.78, 5) is 15.5. The van der Waals surface area contributed by atoms with E-state index in [0.29, 0.717) is 11.3 Å². The maximum Gasteiger partial charge on any atom is 0.338 e. The summed E-state index contributed by atoms with van der Waals surface area (Å²) >= 11 is 0. The fourth-order valence-corrected chi connectivity index (χ4v) is 2.64. The van der Waals surface area contributed by atoms with Crippen molar-refractivity contribution in [2.45, 2.75) is 26.2 Å². The first kappa shape index (κ1) is 16.7. The maximum absolute atomic E-state index is 14.5. The highest BCUT2D eigenvalue weighted by Gasteiger charge is 2.31. The van der Waals surface area contributed by atoms with Gasteiger partial charge in [0, 0.05) is 11.0 Å². The van der Waals surface area contributed by atoms with Crippen molar-refractivity contribution in [3.05, 3.63) is 76.4 Å². The molecule has 0 saturated carbocycles. The number of rotatable bonds is 4. The van der Waals surface area contributed by atoms with Gasteiger partial charge in [0.1, 0.15) is 5.82 Å². The van der Waals surface area contributed by atoms with Crippen molar-refractivity contribution in [3.63, 3.8) is 0 Å². The molecule has 0 unspecified atom stereocenters. The second kappa shape index (κ2) is 6.62. The van der Waals surface area contributed by atoms with Gasteiger partial charge >= 0.3 is 5.97 Å². The van der Waals surface area contributed by atoms with Crippen LogP contribution in [0.15, 0.2) is 42.5 Å². The van der Waals surface area contributed by atoms with E-state index in [-0.39, 0.29) is 12.2 Å². The molecule has 0 aromatic heterocycles. The van der Waals surface area contributed by atoms with E-state index in [1.54, 1.807) is 37.3 Å². The Kier molecular flexibility index (Phi) is 4.80. The Morgan fingerprint density at radius 2 is 1.87 bits per heavy atom. The molecule has 0 N–H and O–H groups in total. The molecule has 0 atom stereocenters. The van der Waals surface area contributed by atoms with Crippen molar-refractivity contribution in [3.8, 4) is 0 Å². The molecule has 2 aromatic carbocycles. The average molecular weight is 311 g/mol. The van der Waals surface area contributed by atoms with Crippen molar-refractivity contribution >= 4 is 11.7 Å². The van der Waals surface area contributed by atoms with Crippen LogP contribution in [-0.4, -0.2) is 12.6 Å². The third kappa shape index (κ3) is 3.24. The van der Waals surface area contributed by atoms with E-state index in [9.17, 15) is 9.18 Å². The number of benzene rings is 2. The zero-order valence-electron chi connectivity index (χ0n) is 13.4. The molecule has 0 fully saturated rings. The van der Waals surface area contributed by atoms with Gasteiger partial charge in [-0.15, -0.1) is 0 Å². The van der Waals surface area contributed by atoms with Crippen LogP contribution in [0.3, 0.4) is 0 Å². The number of carbonyl (C=O) groups excluding carboxylic acids is 1. The van der Waals surface area contributed by atoms with Crippen LogP contribution in [0.5, 0.6) is 0 Å². The molecule has 2 rings (SSSR count). The van der Waals surface area contributed by atoms with Gasteiger partial charge in [-0.3, -0.25) is 0 Å². The topological polar surface area (TPSA) is 30.7 Å². The van der Waals surface area contributed by atoms with Crippen molar-refractivity contribution < 1.29 is 13.9 Å². The summed E-state index contributed by atoms with van der Waals surface area (Å²) in [5.41, 5.74) is 1.12. The molecular formula is C19H18FNO2. The minimum Gasteiger partial charge on any atom is -0.462 e. The summed E-state index contributed by atoms with van der Waals surface area (Å²) in [6.45, 7) is 12.6. The monoisotopic (exact) mass is 311 g/mol. The van der Waals surface area contributed by atoms with Gasteiger partial charge in [0.15, 0.2) is 5.69 Å². The van der Waals surface area contributed by atoms with Crippen LogP contribution in [0.1, 0.15) is 42.3 Å². The molecule has 0 aliphatic carbocycles. The fourth-order valence-electron chi connectivity index (χ4n) is 2.64. The Morgan fingerprint density at radius 1 is 1.22 bits per heavy atom. The number of hydrogen-bond acceptors (Lipinski definition) is 2. The van der Waals surface area contributed by atoms with Gasteiger partial charge in [0.25, 0.3) is 0 Å². The summed E-state index contributed by atoms with van der Waals surface area (Å²) < 4.78 is 19.6. The Morgan fingerprint density at radius 3 is 2.43 bits per heavy atom. The first-order valence-corrected chi connectivity index (χ1v) is 7.36. The first-order chi connectivity index (χ1) is 10.9. The Labute approximate surface area is 135 Å². The number of nitrogens with zero attached hydrogens (tertiary/aromatic N) is 1. The second-order valence-corrected chi connectivity index (χ2v) is 5.67. The molecule has 0 heterocycles. The van der Waals surface area contributed by atoms with Crippen LogP contribution in [0, 0.1) is 12.4 Å². The lowest BCUT2D eigenvalue weighted by Crippen LogP contribution is -2.25. The van der Waals surface area contributed by atoms with Gasteiger partial charge in [-0.05, 0) is 24.6 Å². The predicted octanol–water partition coefficient (Wildman–Crippen LogP) is 4.88. The molecule has 4 heteroatoms. The van der Waals surface area contributed by atoms with Gasteiger partial charge in [-0.2, -0.15) is 0 Å². The summed E-state index contributed by atoms with van der Waals surface area (Å²) in [6.07, 6.45) is 0. The lowest BCUT2D eigenvalue weighted by Gasteiger charge is -2.28. The lowest BCUT2D eigenvalue weighted by molar-refractivity contribution is 0.0523. The number of ether oxygens (including phenoxy) is 1. The Balaban J connectivity index is 2.58. The van der Waals surface area contributed by atoms with Gasteiger partial charge in [0.05, 0.1) is 18.7 Å². The van der Waals surface area contributed by atoms with Crippen molar-refractivity contribution in [1.82, 2.24) is 0 Å². The van der Waals surface area contributed by atoms with Gasteiger partial charge in [0.2, 0.25) is 0 Å². The molecular weight excluding hydrogens is 293 g/mol. The van der Waals surface area contributed by atoms with Crippen molar-refractivity contribution in [2.24, 2.45) is 0 Å². The van der Waals surface area contributed by atoms with E-state index in [4.69, 9.17) is 11.3 Å². The average Bonchev–Trinajstić information content (AvgIpc) is 2.54. The molecule has 2 aromatic rings. The molecule has 0 bridgehead atoms.